The summed E-state index contributed by atoms with van der Waals surface area (Å²) >= 11 is 0. The van der Waals surface area contributed by atoms with E-state index in [1.807, 2.05) is 13.8 Å². The maximum Gasteiger partial charge on any atom is 0.322 e. The van der Waals surface area contributed by atoms with Gasteiger partial charge in [0.15, 0.2) is 0 Å². The molecule has 244 valence electrons. The maximum absolute atomic E-state index is 13.3. The topological polar surface area (TPSA) is 229 Å². The second-order valence-corrected chi connectivity index (χ2v) is 11.0. The first-order chi connectivity index (χ1) is 21.2. The lowest BCUT2D eigenvalue weighted by Gasteiger charge is -2.24. The SMILES string of the molecule is CC(C)C[C@H](NC(=O)[C@H](Cc1ccccc1)NC(=O)CNC(=O)[C@@H](C)NC(=O)[C@@H](N)Cc1ccc(O)cc1)C(=O)NCC(=O)O. The normalized spacial score (nSPS) is 13.4. The van der Waals surface area contributed by atoms with Gasteiger partial charge in [-0.1, -0.05) is 56.3 Å². The van der Waals surface area contributed by atoms with E-state index in [-0.39, 0.29) is 30.9 Å². The van der Waals surface area contributed by atoms with Crippen LogP contribution in [0.1, 0.15) is 38.3 Å². The summed E-state index contributed by atoms with van der Waals surface area (Å²) in [6, 6.07) is 10.9. The number of rotatable bonds is 17. The van der Waals surface area contributed by atoms with Crippen molar-refractivity contribution in [1.29, 1.82) is 0 Å². The van der Waals surface area contributed by atoms with E-state index < -0.39 is 72.8 Å². The number of phenols is 1. The van der Waals surface area contributed by atoms with Crippen LogP contribution in [-0.2, 0) is 41.6 Å². The molecular weight excluding hydrogens is 584 g/mol. The van der Waals surface area contributed by atoms with Crippen molar-refractivity contribution in [2.24, 2.45) is 11.7 Å². The van der Waals surface area contributed by atoms with E-state index >= 15 is 0 Å². The second kappa shape index (κ2) is 18.0. The van der Waals surface area contributed by atoms with Crippen LogP contribution in [-0.4, -0.2) is 83.0 Å². The van der Waals surface area contributed by atoms with Crippen molar-refractivity contribution in [3.63, 3.8) is 0 Å². The summed E-state index contributed by atoms with van der Waals surface area (Å²) in [6.07, 6.45) is 0.470. The highest BCUT2D eigenvalue weighted by molar-refractivity contribution is 5.95. The van der Waals surface area contributed by atoms with Crippen molar-refractivity contribution in [3.05, 3.63) is 65.7 Å². The number of phenolic OH excluding ortho intramolecular Hbond substituents is 1. The fourth-order valence-corrected chi connectivity index (χ4v) is 4.25. The summed E-state index contributed by atoms with van der Waals surface area (Å²) < 4.78 is 0. The molecule has 4 atom stereocenters. The third kappa shape index (κ3) is 13.5. The first kappa shape index (κ1) is 36.2. The number of carbonyl (C=O) groups is 6. The molecule has 0 bridgehead atoms. The first-order valence-corrected chi connectivity index (χ1v) is 14.5. The van der Waals surface area contributed by atoms with Gasteiger partial charge in [-0.3, -0.25) is 28.8 Å². The van der Waals surface area contributed by atoms with Crippen LogP contribution < -0.4 is 32.3 Å². The number of nitrogens with two attached hydrogens (primary N) is 1. The number of carboxylic acids is 1. The third-order valence-electron chi connectivity index (χ3n) is 6.59. The number of aliphatic carboxylic acids is 1. The lowest BCUT2D eigenvalue weighted by molar-refractivity contribution is -0.138. The van der Waals surface area contributed by atoms with Crippen molar-refractivity contribution in [2.75, 3.05) is 13.1 Å². The zero-order valence-electron chi connectivity index (χ0n) is 25.5. The molecule has 0 saturated carbocycles. The van der Waals surface area contributed by atoms with E-state index in [9.17, 15) is 33.9 Å². The summed E-state index contributed by atoms with van der Waals surface area (Å²) in [5, 5.41) is 30.7. The van der Waals surface area contributed by atoms with Gasteiger partial charge in [0, 0.05) is 6.42 Å². The van der Waals surface area contributed by atoms with Gasteiger partial charge in [-0.25, -0.2) is 0 Å². The van der Waals surface area contributed by atoms with Crippen LogP contribution in [0.4, 0.5) is 0 Å². The van der Waals surface area contributed by atoms with Crippen molar-refractivity contribution in [3.8, 4) is 5.75 Å². The molecule has 0 radical (unpaired) electrons. The van der Waals surface area contributed by atoms with E-state index in [1.54, 1.807) is 42.5 Å². The first-order valence-electron chi connectivity index (χ1n) is 14.5. The molecule has 0 fully saturated rings. The Morgan fingerprint density at radius 3 is 1.89 bits per heavy atom. The smallest absolute Gasteiger partial charge is 0.322 e. The third-order valence-corrected chi connectivity index (χ3v) is 6.59. The highest BCUT2D eigenvalue weighted by Gasteiger charge is 2.28. The molecule has 0 heterocycles. The molecule has 0 aliphatic carbocycles. The van der Waals surface area contributed by atoms with Crippen molar-refractivity contribution in [2.45, 2.75) is 64.2 Å². The summed E-state index contributed by atoms with van der Waals surface area (Å²) in [5.74, 6) is -4.46. The van der Waals surface area contributed by atoms with Crippen LogP contribution in [0, 0.1) is 5.92 Å². The van der Waals surface area contributed by atoms with Crippen LogP contribution in [0.3, 0.4) is 0 Å². The Balaban J connectivity index is 1.99. The molecule has 9 N–H and O–H groups in total. The van der Waals surface area contributed by atoms with Gasteiger partial charge >= 0.3 is 5.97 Å². The van der Waals surface area contributed by atoms with Crippen molar-refractivity contribution < 1.29 is 39.0 Å². The maximum atomic E-state index is 13.3. The van der Waals surface area contributed by atoms with Crippen molar-refractivity contribution in [1.82, 2.24) is 26.6 Å². The number of amides is 5. The van der Waals surface area contributed by atoms with Crippen LogP contribution >= 0.6 is 0 Å². The number of hydrogen-bond donors (Lipinski definition) is 8. The lowest BCUT2D eigenvalue weighted by atomic mass is 10.0. The molecule has 0 unspecified atom stereocenters. The van der Waals surface area contributed by atoms with Gasteiger partial charge in [-0.2, -0.15) is 0 Å². The molecule has 0 aliphatic rings. The Bertz CT molecular complexity index is 1320. The number of benzene rings is 2. The van der Waals surface area contributed by atoms with E-state index in [0.29, 0.717) is 0 Å². The van der Waals surface area contributed by atoms with Gasteiger partial charge in [0.1, 0.15) is 30.4 Å². The molecule has 2 aromatic rings. The molecule has 45 heavy (non-hydrogen) atoms. The summed E-state index contributed by atoms with van der Waals surface area (Å²) in [7, 11) is 0. The van der Waals surface area contributed by atoms with Gasteiger partial charge < -0.3 is 42.5 Å². The highest BCUT2D eigenvalue weighted by Crippen LogP contribution is 2.11. The van der Waals surface area contributed by atoms with Gasteiger partial charge in [-0.05, 0) is 48.9 Å². The van der Waals surface area contributed by atoms with Gasteiger partial charge in [-0.15, -0.1) is 0 Å². The van der Waals surface area contributed by atoms with E-state index in [0.717, 1.165) is 11.1 Å². The number of carboxylic acid groups (broad SMARTS) is 1. The molecule has 0 spiro atoms. The van der Waals surface area contributed by atoms with Gasteiger partial charge in [0.25, 0.3) is 0 Å². The predicted molar refractivity (Wildman–Crippen MR) is 165 cm³/mol. The molecule has 2 rings (SSSR count). The Labute approximate surface area is 261 Å². The highest BCUT2D eigenvalue weighted by atomic mass is 16.4. The zero-order valence-corrected chi connectivity index (χ0v) is 25.5. The number of hydrogen-bond acceptors (Lipinski definition) is 8. The van der Waals surface area contributed by atoms with Crippen LogP contribution in [0.25, 0.3) is 0 Å². The van der Waals surface area contributed by atoms with E-state index in [2.05, 4.69) is 26.6 Å². The summed E-state index contributed by atoms with van der Waals surface area (Å²) in [6.45, 7) is 3.97. The molecule has 14 nitrogen and oxygen atoms in total. The van der Waals surface area contributed by atoms with Crippen LogP contribution in [0.2, 0.25) is 0 Å². The Kier molecular flexibility index (Phi) is 14.5. The average Bonchev–Trinajstić information content (AvgIpc) is 2.99. The molecule has 0 saturated heterocycles. The van der Waals surface area contributed by atoms with E-state index in [1.165, 1.54) is 19.1 Å². The minimum atomic E-state index is -1.24. The summed E-state index contributed by atoms with van der Waals surface area (Å²) in [4.78, 5) is 74.8. The Morgan fingerprint density at radius 2 is 1.29 bits per heavy atom. The van der Waals surface area contributed by atoms with Crippen molar-refractivity contribution >= 4 is 35.5 Å². The molecule has 5 amide bonds. The molecule has 0 aliphatic heterocycles. The molecule has 14 heteroatoms. The Hall–Kier alpha value is -4.98. The van der Waals surface area contributed by atoms with Crippen LogP contribution in [0.15, 0.2) is 54.6 Å². The lowest BCUT2D eigenvalue weighted by Crippen LogP contribution is -2.56. The van der Waals surface area contributed by atoms with Gasteiger partial charge in [0.2, 0.25) is 29.5 Å². The molecule has 0 aromatic heterocycles. The largest absolute Gasteiger partial charge is 0.508 e. The van der Waals surface area contributed by atoms with Gasteiger partial charge in [0.05, 0.1) is 12.6 Å². The predicted octanol–water partition coefficient (Wildman–Crippen LogP) is -0.658. The number of nitrogens with one attached hydrogen (secondary N) is 5. The second-order valence-electron chi connectivity index (χ2n) is 11.0. The van der Waals surface area contributed by atoms with Crippen LogP contribution in [0.5, 0.6) is 5.75 Å². The standard InChI is InChI=1S/C31H42N6O8/c1-18(2)13-24(30(44)34-17-27(40)41)37-31(45)25(15-20-7-5-4-6-8-20)36-26(39)16-33-28(42)19(3)35-29(43)23(32)14-21-9-11-22(38)12-10-21/h4-12,18-19,23-25,38H,13-17,32H2,1-3H3,(H,33,42)(H,34,44)(H,35,43)(H,36,39)(H,37,45)(H,40,41)/t19-,23+,24+,25+/m1/s1. The monoisotopic (exact) mass is 626 g/mol. The average molecular weight is 627 g/mol. The quantitative estimate of drug-likeness (QED) is 0.111. The van der Waals surface area contributed by atoms with E-state index in [4.69, 9.17) is 10.8 Å². The fourth-order valence-electron chi connectivity index (χ4n) is 4.25. The number of aromatic hydroxyl groups is 1. The molecule has 2 aromatic carbocycles. The minimum absolute atomic E-state index is 0.0203. The minimum Gasteiger partial charge on any atom is -0.508 e. The number of carbonyl (C=O) groups excluding carboxylic acids is 5. The Morgan fingerprint density at radius 1 is 0.689 bits per heavy atom. The molecular formula is C31H42N6O8. The summed E-state index contributed by atoms with van der Waals surface area (Å²) in [5.41, 5.74) is 7.39. The zero-order chi connectivity index (χ0) is 33.5. The fraction of sp³-hybridized carbons (Fsp3) is 0.419.